The lowest BCUT2D eigenvalue weighted by Gasteiger charge is -2.16. The van der Waals surface area contributed by atoms with Crippen LogP contribution in [0.2, 0.25) is 0 Å². The molecule has 0 fully saturated rings. The second-order valence-corrected chi connectivity index (χ2v) is 7.65. The van der Waals surface area contributed by atoms with E-state index in [1.807, 2.05) is 48.5 Å². The Balaban J connectivity index is 1.69. The maximum atomic E-state index is 12.5. The first-order chi connectivity index (χ1) is 13.3. The van der Waals surface area contributed by atoms with E-state index < -0.39 is 0 Å². The second-order valence-electron chi connectivity index (χ2n) is 7.65. The average molecular weight is 374 g/mol. The zero-order valence-corrected chi connectivity index (χ0v) is 16.7. The lowest BCUT2D eigenvalue weighted by Crippen LogP contribution is -2.21. The van der Waals surface area contributed by atoms with Crippen molar-refractivity contribution in [1.82, 2.24) is 0 Å². The van der Waals surface area contributed by atoms with E-state index in [1.165, 1.54) is 23.3 Å². The molecule has 4 heteroatoms. The molecule has 4 nitrogen and oxygen atoms in total. The van der Waals surface area contributed by atoms with Gasteiger partial charge in [-0.15, -0.1) is 0 Å². The minimum Gasteiger partial charge on any atom is -0.352 e. The molecule has 0 saturated heterocycles. The summed E-state index contributed by atoms with van der Waals surface area (Å²) in [6.45, 7) is 8.52. The van der Waals surface area contributed by atoms with E-state index in [-0.39, 0.29) is 23.0 Å². The van der Waals surface area contributed by atoms with Gasteiger partial charge in [0.25, 0.3) is 0 Å². The molecular formula is C24H26N2O2. The van der Waals surface area contributed by atoms with Crippen LogP contribution in [-0.2, 0) is 9.59 Å². The van der Waals surface area contributed by atoms with Gasteiger partial charge in [0.1, 0.15) is 0 Å². The first kappa shape index (κ1) is 19.6. The van der Waals surface area contributed by atoms with Crippen molar-refractivity contribution in [2.24, 2.45) is 0 Å². The number of anilines is 2. The fraction of sp³-hybridized carbons (Fsp3) is 0.250. The first-order valence-corrected chi connectivity index (χ1v) is 9.59. The van der Waals surface area contributed by atoms with Crippen LogP contribution in [0.25, 0.3) is 0 Å². The molecule has 1 aliphatic rings. The normalized spacial score (nSPS) is 14.2. The minimum absolute atomic E-state index is 0.228. The van der Waals surface area contributed by atoms with E-state index in [1.54, 1.807) is 0 Å². The molecule has 28 heavy (non-hydrogen) atoms. The highest BCUT2D eigenvalue weighted by atomic mass is 16.1. The highest BCUT2D eigenvalue weighted by Crippen LogP contribution is 2.22. The summed E-state index contributed by atoms with van der Waals surface area (Å²) in [5, 5.41) is 6.10. The predicted octanol–water partition coefficient (Wildman–Crippen LogP) is 5.38. The minimum atomic E-state index is -0.228. The Morgan fingerprint density at radius 2 is 0.893 bits per heavy atom. The summed E-state index contributed by atoms with van der Waals surface area (Å²) in [6.07, 6.45) is 2.70. The van der Waals surface area contributed by atoms with Crippen LogP contribution < -0.4 is 10.6 Å². The van der Waals surface area contributed by atoms with Crippen molar-refractivity contribution in [2.75, 3.05) is 10.6 Å². The van der Waals surface area contributed by atoms with Crippen LogP contribution in [0.1, 0.15) is 50.7 Å². The average Bonchev–Trinajstić information content (AvgIpc) is 2.66. The van der Waals surface area contributed by atoms with Crippen LogP contribution >= 0.6 is 0 Å². The van der Waals surface area contributed by atoms with Gasteiger partial charge in [-0.2, -0.15) is 0 Å². The highest BCUT2D eigenvalue weighted by Gasteiger charge is 2.20. The quantitative estimate of drug-likeness (QED) is 0.667. The molecule has 2 aromatic carbocycles. The zero-order valence-electron chi connectivity index (χ0n) is 16.7. The molecule has 2 N–H and O–H groups in total. The smallest absolute Gasteiger partial charge is 0.204 e. The number of carbonyl (C=O) groups excluding carboxylic acids is 2. The second kappa shape index (κ2) is 8.26. The van der Waals surface area contributed by atoms with E-state index in [9.17, 15) is 9.59 Å². The number of ketones is 2. The van der Waals surface area contributed by atoms with Crippen molar-refractivity contribution in [1.29, 1.82) is 0 Å². The molecule has 2 aromatic rings. The molecule has 0 atom stereocenters. The van der Waals surface area contributed by atoms with E-state index in [0.29, 0.717) is 11.8 Å². The van der Waals surface area contributed by atoms with E-state index in [4.69, 9.17) is 0 Å². The Labute approximate surface area is 166 Å². The Bertz CT molecular complexity index is 854. The standard InChI is InChI=1S/C24H26N2O2/c1-15(2)17-5-9-19(10-6-17)25-21-13-24(28)22(14-23(21)27)26-20-11-7-18(8-12-20)16(3)4/h5-16,25-26H,1-4H3. The Morgan fingerprint density at radius 3 is 1.18 bits per heavy atom. The predicted molar refractivity (Wildman–Crippen MR) is 114 cm³/mol. The van der Waals surface area contributed by atoms with Crippen molar-refractivity contribution < 1.29 is 9.59 Å². The summed E-state index contributed by atoms with van der Waals surface area (Å²) < 4.78 is 0. The van der Waals surface area contributed by atoms with Gasteiger partial charge in [0.2, 0.25) is 11.6 Å². The van der Waals surface area contributed by atoms with Crippen LogP contribution in [0, 0.1) is 0 Å². The molecule has 1 aliphatic carbocycles. The zero-order chi connectivity index (χ0) is 20.3. The number of allylic oxidation sites excluding steroid dienone is 2. The molecule has 3 rings (SSSR count). The number of rotatable bonds is 6. The maximum absolute atomic E-state index is 12.5. The largest absolute Gasteiger partial charge is 0.352 e. The van der Waals surface area contributed by atoms with Crippen LogP contribution in [0.4, 0.5) is 11.4 Å². The van der Waals surface area contributed by atoms with Crippen molar-refractivity contribution >= 4 is 22.9 Å². The summed E-state index contributed by atoms with van der Waals surface area (Å²) in [7, 11) is 0. The molecule has 0 spiro atoms. The van der Waals surface area contributed by atoms with Crippen LogP contribution in [-0.4, -0.2) is 11.6 Å². The van der Waals surface area contributed by atoms with Gasteiger partial charge in [0.05, 0.1) is 11.4 Å². The molecule has 0 radical (unpaired) electrons. The van der Waals surface area contributed by atoms with Crippen molar-refractivity contribution in [3.05, 3.63) is 83.2 Å². The summed E-state index contributed by atoms with van der Waals surface area (Å²) in [5.41, 5.74) is 4.57. The third kappa shape index (κ3) is 4.58. The van der Waals surface area contributed by atoms with Gasteiger partial charge in [-0.1, -0.05) is 52.0 Å². The van der Waals surface area contributed by atoms with Crippen LogP contribution in [0.15, 0.2) is 72.1 Å². The Morgan fingerprint density at radius 1 is 0.571 bits per heavy atom. The van der Waals surface area contributed by atoms with Crippen molar-refractivity contribution in [3.63, 3.8) is 0 Å². The number of benzene rings is 2. The van der Waals surface area contributed by atoms with Gasteiger partial charge in [-0.3, -0.25) is 9.59 Å². The monoisotopic (exact) mass is 374 g/mol. The lowest BCUT2D eigenvalue weighted by molar-refractivity contribution is -0.115. The van der Waals surface area contributed by atoms with Gasteiger partial charge >= 0.3 is 0 Å². The van der Waals surface area contributed by atoms with E-state index in [0.717, 1.165) is 11.4 Å². The number of hydrogen-bond acceptors (Lipinski definition) is 4. The lowest BCUT2D eigenvalue weighted by atomic mass is 10.0. The van der Waals surface area contributed by atoms with Crippen LogP contribution in [0.3, 0.4) is 0 Å². The highest BCUT2D eigenvalue weighted by molar-refractivity contribution is 6.21. The van der Waals surface area contributed by atoms with Crippen molar-refractivity contribution in [3.8, 4) is 0 Å². The third-order valence-corrected chi connectivity index (χ3v) is 4.79. The van der Waals surface area contributed by atoms with Crippen molar-refractivity contribution in [2.45, 2.75) is 39.5 Å². The van der Waals surface area contributed by atoms with Gasteiger partial charge in [-0.25, -0.2) is 0 Å². The molecule has 0 unspecified atom stereocenters. The molecular weight excluding hydrogens is 348 g/mol. The Kier molecular flexibility index (Phi) is 5.78. The maximum Gasteiger partial charge on any atom is 0.204 e. The molecule has 0 saturated carbocycles. The molecule has 0 bridgehead atoms. The molecule has 0 aromatic heterocycles. The van der Waals surface area contributed by atoms with Gasteiger partial charge in [0, 0.05) is 23.5 Å². The number of hydrogen-bond donors (Lipinski definition) is 2. The topological polar surface area (TPSA) is 58.2 Å². The molecule has 0 heterocycles. The van der Waals surface area contributed by atoms with Crippen LogP contribution in [0.5, 0.6) is 0 Å². The third-order valence-electron chi connectivity index (χ3n) is 4.79. The summed E-state index contributed by atoms with van der Waals surface area (Å²) in [4.78, 5) is 24.9. The SMILES string of the molecule is CC(C)c1ccc(NC2=CC(=O)C(Nc3ccc(C(C)C)cc3)=CC2=O)cc1. The fourth-order valence-corrected chi connectivity index (χ4v) is 2.97. The summed E-state index contributed by atoms with van der Waals surface area (Å²) in [5.74, 6) is 0.428. The van der Waals surface area contributed by atoms with Gasteiger partial charge in [0.15, 0.2) is 0 Å². The number of carbonyl (C=O) groups is 2. The van der Waals surface area contributed by atoms with Gasteiger partial charge in [-0.05, 0) is 47.2 Å². The Hall–Kier alpha value is -3.14. The summed E-state index contributed by atoms with van der Waals surface area (Å²) >= 11 is 0. The number of nitrogens with one attached hydrogen (secondary N) is 2. The van der Waals surface area contributed by atoms with E-state index in [2.05, 4.69) is 38.3 Å². The molecule has 0 aliphatic heterocycles. The molecule has 144 valence electrons. The van der Waals surface area contributed by atoms with Gasteiger partial charge < -0.3 is 10.6 Å². The first-order valence-electron chi connectivity index (χ1n) is 9.59. The van der Waals surface area contributed by atoms with E-state index >= 15 is 0 Å². The summed E-state index contributed by atoms with van der Waals surface area (Å²) in [6, 6.07) is 15.8. The molecule has 0 amide bonds. The fourth-order valence-electron chi connectivity index (χ4n) is 2.97.